The van der Waals surface area contributed by atoms with Crippen LogP contribution < -0.4 is 0 Å². The molecule has 1 amide bonds. The average molecular weight is 301 g/mol. The van der Waals surface area contributed by atoms with Crippen molar-refractivity contribution >= 4 is 17.2 Å². The number of rotatable bonds is 2. The Morgan fingerprint density at radius 3 is 2.48 bits per heavy atom. The van der Waals surface area contributed by atoms with Crippen LogP contribution in [-0.4, -0.2) is 33.9 Å². The molecule has 1 aliphatic rings. The van der Waals surface area contributed by atoms with E-state index in [-0.39, 0.29) is 5.91 Å². The van der Waals surface area contributed by atoms with Gasteiger partial charge in [-0.15, -0.1) is 11.3 Å². The van der Waals surface area contributed by atoms with E-state index in [2.05, 4.69) is 9.97 Å². The Hall–Kier alpha value is -1.75. The molecule has 2 aromatic heterocycles. The Morgan fingerprint density at radius 2 is 1.90 bits per heavy atom. The van der Waals surface area contributed by atoms with Crippen LogP contribution in [0.3, 0.4) is 0 Å². The van der Waals surface area contributed by atoms with Gasteiger partial charge >= 0.3 is 0 Å². The molecular formula is C16H19N3OS. The molecule has 0 aliphatic carbocycles. The van der Waals surface area contributed by atoms with Crippen molar-refractivity contribution in [1.82, 2.24) is 14.9 Å². The maximum atomic E-state index is 12.5. The lowest BCUT2D eigenvalue weighted by Crippen LogP contribution is -2.31. The van der Waals surface area contributed by atoms with E-state index >= 15 is 0 Å². The molecule has 110 valence electrons. The zero-order valence-electron chi connectivity index (χ0n) is 12.2. The van der Waals surface area contributed by atoms with E-state index in [4.69, 9.17) is 0 Å². The van der Waals surface area contributed by atoms with E-state index < -0.39 is 0 Å². The molecule has 1 aliphatic heterocycles. The van der Waals surface area contributed by atoms with Gasteiger partial charge in [0.1, 0.15) is 0 Å². The van der Waals surface area contributed by atoms with Gasteiger partial charge in [-0.25, -0.2) is 4.98 Å². The van der Waals surface area contributed by atoms with E-state index in [1.807, 2.05) is 29.5 Å². The number of thiazole rings is 1. The van der Waals surface area contributed by atoms with Crippen molar-refractivity contribution in [3.8, 4) is 10.6 Å². The second-order valence-electron chi connectivity index (χ2n) is 5.41. The number of carbonyl (C=O) groups excluding carboxylic acids is 1. The Bertz CT molecular complexity index is 613. The smallest absolute Gasteiger partial charge is 0.255 e. The van der Waals surface area contributed by atoms with Gasteiger partial charge in [0.15, 0.2) is 0 Å². The third-order valence-corrected chi connectivity index (χ3v) is 4.83. The van der Waals surface area contributed by atoms with Crippen LogP contribution in [0.25, 0.3) is 10.6 Å². The summed E-state index contributed by atoms with van der Waals surface area (Å²) < 4.78 is 0. The molecule has 0 spiro atoms. The van der Waals surface area contributed by atoms with Crippen molar-refractivity contribution in [3.05, 3.63) is 35.1 Å². The zero-order chi connectivity index (χ0) is 14.7. The van der Waals surface area contributed by atoms with Gasteiger partial charge in [0, 0.05) is 19.3 Å². The first-order valence-electron chi connectivity index (χ1n) is 7.41. The molecule has 2 aromatic rings. The maximum absolute atomic E-state index is 12.5. The maximum Gasteiger partial charge on any atom is 0.255 e. The average Bonchev–Trinajstić information content (AvgIpc) is 2.78. The summed E-state index contributed by atoms with van der Waals surface area (Å²) in [6, 6.07) is 3.81. The van der Waals surface area contributed by atoms with Gasteiger partial charge in [-0.3, -0.25) is 9.78 Å². The number of likely N-dealkylation sites (tertiary alicyclic amines) is 1. The number of hydrogen-bond donors (Lipinski definition) is 0. The first-order valence-corrected chi connectivity index (χ1v) is 8.29. The second-order valence-corrected chi connectivity index (χ2v) is 6.26. The third kappa shape index (κ3) is 3.13. The number of hydrogen-bond acceptors (Lipinski definition) is 4. The number of carbonyl (C=O) groups is 1. The molecule has 0 atom stereocenters. The van der Waals surface area contributed by atoms with Gasteiger partial charge in [-0.05, 0) is 31.9 Å². The monoisotopic (exact) mass is 301 g/mol. The number of aryl methyl sites for hydroxylation is 1. The van der Waals surface area contributed by atoms with Crippen LogP contribution in [-0.2, 0) is 0 Å². The molecule has 1 saturated heterocycles. The van der Waals surface area contributed by atoms with E-state index in [1.54, 1.807) is 17.5 Å². The van der Waals surface area contributed by atoms with Crippen molar-refractivity contribution in [2.75, 3.05) is 13.1 Å². The molecule has 0 radical (unpaired) electrons. The highest BCUT2D eigenvalue weighted by molar-refractivity contribution is 7.13. The molecule has 0 saturated carbocycles. The fraction of sp³-hybridized carbons (Fsp3) is 0.438. The molecule has 5 heteroatoms. The summed E-state index contributed by atoms with van der Waals surface area (Å²) in [5.41, 5.74) is 4.38. The van der Waals surface area contributed by atoms with Crippen LogP contribution >= 0.6 is 11.3 Å². The van der Waals surface area contributed by atoms with Crippen LogP contribution in [0.5, 0.6) is 0 Å². The highest BCUT2D eigenvalue weighted by Gasteiger charge is 2.17. The van der Waals surface area contributed by atoms with Gasteiger partial charge in [0.05, 0.1) is 27.3 Å². The van der Waals surface area contributed by atoms with Gasteiger partial charge < -0.3 is 4.90 Å². The molecule has 1 fully saturated rings. The molecule has 3 rings (SSSR count). The quantitative estimate of drug-likeness (QED) is 0.852. The van der Waals surface area contributed by atoms with Gasteiger partial charge in [-0.1, -0.05) is 12.8 Å². The molecule has 3 heterocycles. The lowest BCUT2D eigenvalue weighted by molar-refractivity contribution is 0.0761. The van der Waals surface area contributed by atoms with Gasteiger partial charge in [-0.2, -0.15) is 0 Å². The predicted molar refractivity (Wildman–Crippen MR) is 84.5 cm³/mol. The summed E-state index contributed by atoms with van der Waals surface area (Å²) in [6.45, 7) is 3.72. The Balaban J connectivity index is 1.77. The highest BCUT2D eigenvalue weighted by Crippen LogP contribution is 2.25. The SMILES string of the molecule is Cc1ncsc1-c1ccc(C(=O)N2CCCCCC2)cn1. The zero-order valence-corrected chi connectivity index (χ0v) is 13.0. The first-order chi connectivity index (χ1) is 10.3. The second kappa shape index (κ2) is 6.35. The summed E-state index contributed by atoms with van der Waals surface area (Å²) in [6.07, 6.45) is 6.37. The normalized spacial score (nSPS) is 15.8. The summed E-state index contributed by atoms with van der Waals surface area (Å²) in [5, 5.41) is 0. The van der Waals surface area contributed by atoms with Crippen molar-refractivity contribution in [2.45, 2.75) is 32.6 Å². The van der Waals surface area contributed by atoms with E-state index in [0.29, 0.717) is 5.56 Å². The molecule has 4 nitrogen and oxygen atoms in total. The Labute approximate surface area is 128 Å². The lowest BCUT2D eigenvalue weighted by Gasteiger charge is -2.20. The van der Waals surface area contributed by atoms with Crippen LogP contribution in [0.15, 0.2) is 23.8 Å². The van der Waals surface area contributed by atoms with Crippen molar-refractivity contribution in [2.24, 2.45) is 0 Å². The minimum atomic E-state index is 0.108. The number of aromatic nitrogens is 2. The fourth-order valence-corrected chi connectivity index (χ4v) is 3.44. The third-order valence-electron chi connectivity index (χ3n) is 3.88. The van der Waals surface area contributed by atoms with Crippen molar-refractivity contribution in [1.29, 1.82) is 0 Å². The van der Waals surface area contributed by atoms with Crippen LogP contribution in [0.4, 0.5) is 0 Å². The summed E-state index contributed by atoms with van der Waals surface area (Å²) >= 11 is 1.58. The van der Waals surface area contributed by atoms with Crippen molar-refractivity contribution < 1.29 is 4.79 Å². The molecule has 0 aromatic carbocycles. The van der Waals surface area contributed by atoms with Crippen LogP contribution in [0.1, 0.15) is 41.7 Å². The van der Waals surface area contributed by atoms with Crippen LogP contribution in [0, 0.1) is 6.92 Å². The number of pyridine rings is 1. The molecule has 21 heavy (non-hydrogen) atoms. The Morgan fingerprint density at radius 1 is 1.14 bits per heavy atom. The summed E-state index contributed by atoms with van der Waals surface area (Å²) in [4.78, 5) is 24.2. The molecular weight excluding hydrogens is 282 g/mol. The van der Waals surface area contributed by atoms with Crippen molar-refractivity contribution in [3.63, 3.8) is 0 Å². The Kier molecular flexibility index (Phi) is 4.29. The molecule has 0 N–H and O–H groups in total. The highest BCUT2D eigenvalue weighted by atomic mass is 32.1. The summed E-state index contributed by atoms with van der Waals surface area (Å²) in [7, 11) is 0. The molecule has 0 unspecified atom stereocenters. The van der Waals surface area contributed by atoms with Gasteiger partial charge in [0.25, 0.3) is 5.91 Å². The van der Waals surface area contributed by atoms with E-state index in [9.17, 15) is 4.79 Å². The van der Waals surface area contributed by atoms with Crippen LogP contribution in [0.2, 0.25) is 0 Å². The fourth-order valence-electron chi connectivity index (χ4n) is 2.66. The lowest BCUT2D eigenvalue weighted by atomic mass is 10.2. The topological polar surface area (TPSA) is 46.1 Å². The van der Waals surface area contributed by atoms with Gasteiger partial charge in [0.2, 0.25) is 0 Å². The number of amides is 1. The van der Waals surface area contributed by atoms with E-state index in [0.717, 1.165) is 42.2 Å². The first kappa shape index (κ1) is 14.2. The predicted octanol–water partition coefficient (Wildman–Crippen LogP) is 3.53. The standard InChI is InChI=1S/C16H19N3OS/c1-12-15(21-11-18-12)14-7-6-13(10-17-14)16(20)19-8-4-2-3-5-9-19/h6-7,10-11H,2-5,8-9H2,1H3. The minimum absolute atomic E-state index is 0.108. The largest absolute Gasteiger partial charge is 0.339 e. The molecule has 0 bridgehead atoms. The van der Waals surface area contributed by atoms with E-state index in [1.165, 1.54) is 12.8 Å². The number of nitrogens with zero attached hydrogens (tertiary/aromatic N) is 3. The minimum Gasteiger partial charge on any atom is -0.339 e. The summed E-state index contributed by atoms with van der Waals surface area (Å²) in [5.74, 6) is 0.108.